The van der Waals surface area contributed by atoms with Crippen LogP contribution in [0.2, 0.25) is 0 Å². The molecule has 1 atom stereocenters. The molecule has 1 amide bonds. The van der Waals surface area contributed by atoms with Crippen LogP contribution in [0.5, 0.6) is 0 Å². The second-order valence-electron chi connectivity index (χ2n) is 8.00. The van der Waals surface area contributed by atoms with Crippen LogP contribution >= 0.6 is 0 Å². The number of halogens is 1. The first kappa shape index (κ1) is 21.8. The van der Waals surface area contributed by atoms with Gasteiger partial charge in [0, 0.05) is 24.1 Å². The predicted molar refractivity (Wildman–Crippen MR) is 117 cm³/mol. The molecule has 0 saturated carbocycles. The van der Waals surface area contributed by atoms with E-state index in [-0.39, 0.29) is 24.4 Å². The first-order valence-electron chi connectivity index (χ1n) is 10.5. The van der Waals surface area contributed by atoms with Crippen LogP contribution in [-0.2, 0) is 22.5 Å². The summed E-state index contributed by atoms with van der Waals surface area (Å²) in [6.45, 7) is 4.74. The number of pyridine rings is 1. The maximum Gasteiger partial charge on any atom is 0.348 e. The van der Waals surface area contributed by atoms with Crippen LogP contribution in [0.1, 0.15) is 34.3 Å². The maximum atomic E-state index is 13.1. The average Bonchev–Trinajstić information content (AvgIpc) is 2.78. The van der Waals surface area contributed by atoms with Crippen molar-refractivity contribution in [3.8, 4) is 0 Å². The van der Waals surface area contributed by atoms with E-state index in [4.69, 9.17) is 4.74 Å². The Morgan fingerprint density at radius 1 is 1.16 bits per heavy atom. The zero-order valence-corrected chi connectivity index (χ0v) is 18.1. The first-order valence-corrected chi connectivity index (χ1v) is 10.5. The predicted octanol–water partition coefficient (Wildman–Crippen LogP) is 2.59. The monoisotopic (exact) mass is 436 g/mol. The van der Waals surface area contributed by atoms with Gasteiger partial charge in [0.25, 0.3) is 0 Å². The number of hydrogen-bond donors (Lipinski definition) is 0. The van der Waals surface area contributed by atoms with Crippen LogP contribution in [0.25, 0.3) is 0 Å². The van der Waals surface area contributed by atoms with Crippen molar-refractivity contribution in [2.45, 2.75) is 32.9 Å². The van der Waals surface area contributed by atoms with E-state index < -0.39 is 5.69 Å². The average molecular weight is 436 g/mol. The quantitative estimate of drug-likeness (QED) is 0.615. The molecule has 2 aromatic heterocycles. The Labute approximate surface area is 185 Å². The Hall–Kier alpha value is -3.39. The van der Waals surface area contributed by atoms with Gasteiger partial charge >= 0.3 is 5.69 Å². The fourth-order valence-electron chi connectivity index (χ4n) is 3.83. The summed E-state index contributed by atoms with van der Waals surface area (Å²) in [6.07, 6.45) is 2.10. The van der Waals surface area contributed by atoms with Gasteiger partial charge in [-0.15, -0.1) is 0 Å². The first-order chi connectivity index (χ1) is 15.4. The van der Waals surface area contributed by atoms with Crippen LogP contribution in [0.3, 0.4) is 0 Å². The smallest absolute Gasteiger partial charge is 0.348 e. The van der Waals surface area contributed by atoms with Gasteiger partial charge in [0.1, 0.15) is 18.5 Å². The standard InChI is InChI=1S/C24H25FN4O3/c1-16-11-17(2)29(24(31)27-16)15-23(30)28-9-10-32-22(14-28)21-8-5-19(13-26-21)12-18-3-6-20(25)7-4-18/h3-8,11,13,22H,9-10,12,14-15H2,1-2H3. The summed E-state index contributed by atoms with van der Waals surface area (Å²) in [4.78, 5) is 35.2. The molecule has 1 aliphatic rings. The molecule has 0 radical (unpaired) electrons. The van der Waals surface area contributed by atoms with E-state index in [0.717, 1.165) is 16.8 Å². The third-order valence-electron chi connectivity index (χ3n) is 5.56. The summed E-state index contributed by atoms with van der Waals surface area (Å²) in [5.74, 6) is -0.406. The van der Waals surface area contributed by atoms with E-state index in [2.05, 4.69) is 9.97 Å². The molecule has 0 aliphatic carbocycles. The number of hydrogen-bond acceptors (Lipinski definition) is 5. The Balaban J connectivity index is 1.40. The zero-order valence-electron chi connectivity index (χ0n) is 18.1. The highest BCUT2D eigenvalue weighted by atomic mass is 19.1. The van der Waals surface area contributed by atoms with Crippen LogP contribution < -0.4 is 5.69 Å². The lowest BCUT2D eigenvalue weighted by Gasteiger charge is -2.33. The lowest BCUT2D eigenvalue weighted by Crippen LogP contribution is -2.45. The van der Waals surface area contributed by atoms with E-state index in [0.29, 0.717) is 37.5 Å². The number of rotatable bonds is 5. The minimum absolute atomic E-state index is 0.0469. The van der Waals surface area contributed by atoms with Crippen molar-refractivity contribution in [3.05, 3.63) is 93.2 Å². The summed E-state index contributed by atoms with van der Waals surface area (Å²) in [5.41, 5.74) is 3.68. The molecule has 0 N–H and O–H groups in total. The molecule has 1 fully saturated rings. The van der Waals surface area contributed by atoms with Crippen LogP contribution in [0, 0.1) is 19.7 Å². The molecule has 1 aromatic carbocycles. The van der Waals surface area contributed by atoms with Crippen LogP contribution in [0.15, 0.2) is 53.5 Å². The zero-order chi connectivity index (χ0) is 22.7. The summed E-state index contributed by atoms with van der Waals surface area (Å²) in [7, 11) is 0. The molecule has 32 heavy (non-hydrogen) atoms. The highest BCUT2D eigenvalue weighted by Crippen LogP contribution is 2.22. The van der Waals surface area contributed by atoms with Gasteiger partial charge in [-0.2, -0.15) is 4.98 Å². The van der Waals surface area contributed by atoms with Crippen molar-refractivity contribution < 1.29 is 13.9 Å². The number of carbonyl (C=O) groups is 1. The van der Waals surface area contributed by atoms with Gasteiger partial charge in [-0.3, -0.25) is 14.3 Å². The Morgan fingerprint density at radius 2 is 1.91 bits per heavy atom. The molecule has 0 spiro atoms. The van der Waals surface area contributed by atoms with E-state index in [1.165, 1.54) is 16.7 Å². The molecule has 1 saturated heterocycles. The maximum absolute atomic E-state index is 13.1. The number of nitrogens with zero attached hydrogens (tertiary/aromatic N) is 4. The molecule has 8 heteroatoms. The normalized spacial score (nSPS) is 16.2. The van der Waals surface area contributed by atoms with E-state index in [9.17, 15) is 14.0 Å². The molecule has 3 aromatic rings. The number of aromatic nitrogens is 3. The summed E-state index contributed by atoms with van der Waals surface area (Å²) in [5, 5.41) is 0. The third kappa shape index (κ3) is 5.08. The van der Waals surface area contributed by atoms with E-state index in [1.54, 1.807) is 43.1 Å². The Morgan fingerprint density at radius 3 is 2.59 bits per heavy atom. The number of morpholine rings is 1. The molecule has 1 aliphatic heterocycles. The van der Waals surface area contributed by atoms with Crippen molar-refractivity contribution in [3.63, 3.8) is 0 Å². The second kappa shape index (κ2) is 9.40. The molecular formula is C24H25FN4O3. The fourth-order valence-corrected chi connectivity index (χ4v) is 3.83. The van der Waals surface area contributed by atoms with Crippen molar-refractivity contribution >= 4 is 5.91 Å². The number of benzene rings is 1. The number of ether oxygens (including phenoxy) is 1. The largest absolute Gasteiger partial charge is 0.368 e. The fraction of sp³-hybridized carbons (Fsp3) is 0.333. The second-order valence-corrected chi connectivity index (χ2v) is 8.00. The Kier molecular flexibility index (Phi) is 6.41. The summed E-state index contributed by atoms with van der Waals surface area (Å²) < 4.78 is 20.3. The van der Waals surface area contributed by atoms with Crippen molar-refractivity contribution in [2.24, 2.45) is 0 Å². The van der Waals surface area contributed by atoms with Crippen LogP contribution in [-0.4, -0.2) is 45.0 Å². The van der Waals surface area contributed by atoms with Gasteiger partial charge in [0.05, 0.1) is 18.8 Å². The van der Waals surface area contributed by atoms with E-state index >= 15 is 0 Å². The highest BCUT2D eigenvalue weighted by molar-refractivity contribution is 5.76. The van der Waals surface area contributed by atoms with Crippen molar-refractivity contribution in [1.29, 1.82) is 0 Å². The molecule has 4 rings (SSSR count). The third-order valence-corrected chi connectivity index (χ3v) is 5.56. The molecule has 7 nitrogen and oxygen atoms in total. The van der Waals surface area contributed by atoms with Crippen LogP contribution in [0.4, 0.5) is 4.39 Å². The molecule has 1 unspecified atom stereocenters. The van der Waals surface area contributed by atoms with Gasteiger partial charge < -0.3 is 9.64 Å². The van der Waals surface area contributed by atoms with Crippen molar-refractivity contribution in [2.75, 3.05) is 19.7 Å². The SMILES string of the molecule is Cc1cc(C)n(CC(=O)N2CCOC(c3ccc(Cc4ccc(F)cc4)cn3)C2)c(=O)n1. The van der Waals surface area contributed by atoms with Gasteiger partial charge in [0.15, 0.2) is 0 Å². The minimum atomic E-state index is -0.418. The number of amides is 1. The Bertz CT molecular complexity index is 1160. The van der Waals surface area contributed by atoms with Gasteiger partial charge in [-0.25, -0.2) is 9.18 Å². The van der Waals surface area contributed by atoms with Crippen molar-refractivity contribution in [1.82, 2.24) is 19.4 Å². The molecule has 0 bridgehead atoms. The molecule has 166 valence electrons. The molecular weight excluding hydrogens is 411 g/mol. The highest BCUT2D eigenvalue weighted by Gasteiger charge is 2.26. The lowest BCUT2D eigenvalue weighted by molar-refractivity contribution is -0.139. The number of aryl methyl sites for hydroxylation is 2. The van der Waals surface area contributed by atoms with Gasteiger partial charge in [-0.1, -0.05) is 18.2 Å². The van der Waals surface area contributed by atoms with Gasteiger partial charge in [0.2, 0.25) is 5.91 Å². The van der Waals surface area contributed by atoms with Gasteiger partial charge in [-0.05, 0) is 55.7 Å². The molecule has 3 heterocycles. The van der Waals surface area contributed by atoms with E-state index in [1.807, 2.05) is 12.1 Å². The topological polar surface area (TPSA) is 77.3 Å². The minimum Gasteiger partial charge on any atom is -0.368 e. The summed E-state index contributed by atoms with van der Waals surface area (Å²) >= 11 is 0. The summed E-state index contributed by atoms with van der Waals surface area (Å²) in [6, 6.07) is 12.1. The number of carbonyl (C=O) groups excluding carboxylic acids is 1. The lowest BCUT2D eigenvalue weighted by atomic mass is 10.1.